The average Bonchev–Trinajstić information content (AvgIpc) is 2.41. The van der Waals surface area contributed by atoms with Crippen molar-refractivity contribution in [1.29, 1.82) is 0 Å². The molecule has 0 fully saturated rings. The Bertz CT molecular complexity index is 591. The van der Waals surface area contributed by atoms with E-state index in [1.807, 2.05) is 6.92 Å². The first kappa shape index (κ1) is 13.6. The molecule has 1 N–H and O–H groups in total. The van der Waals surface area contributed by atoms with Crippen LogP contribution in [-0.2, 0) is 5.60 Å². The van der Waals surface area contributed by atoms with Crippen LogP contribution >= 0.6 is 0 Å². The fourth-order valence-corrected chi connectivity index (χ4v) is 2.20. The number of aryl methyl sites for hydroxylation is 1. The van der Waals surface area contributed by atoms with Crippen molar-refractivity contribution in [3.05, 3.63) is 65.0 Å². The standard InChI is InChI=1S/C16H17FO2/c1-11-7-8-13(17)10-15(11)16(2,18)12-5-4-6-14(9-12)19-3/h4-10,18H,1-3H3. The van der Waals surface area contributed by atoms with Gasteiger partial charge >= 0.3 is 0 Å². The fourth-order valence-electron chi connectivity index (χ4n) is 2.20. The second-order valence-corrected chi connectivity index (χ2v) is 4.76. The lowest BCUT2D eigenvalue weighted by Gasteiger charge is -2.26. The van der Waals surface area contributed by atoms with Crippen LogP contribution in [0, 0.1) is 12.7 Å². The van der Waals surface area contributed by atoms with Gasteiger partial charge in [-0.2, -0.15) is 0 Å². The van der Waals surface area contributed by atoms with Crippen LogP contribution in [-0.4, -0.2) is 12.2 Å². The molecule has 3 heteroatoms. The van der Waals surface area contributed by atoms with Gasteiger partial charge in [-0.05, 0) is 54.8 Å². The molecule has 0 saturated heterocycles. The monoisotopic (exact) mass is 260 g/mol. The average molecular weight is 260 g/mol. The van der Waals surface area contributed by atoms with E-state index >= 15 is 0 Å². The van der Waals surface area contributed by atoms with Crippen molar-refractivity contribution in [2.24, 2.45) is 0 Å². The van der Waals surface area contributed by atoms with Gasteiger partial charge in [0.2, 0.25) is 0 Å². The molecule has 19 heavy (non-hydrogen) atoms. The smallest absolute Gasteiger partial charge is 0.123 e. The number of rotatable bonds is 3. The lowest BCUT2D eigenvalue weighted by atomic mass is 9.85. The summed E-state index contributed by atoms with van der Waals surface area (Å²) in [6.45, 7) is 3.51. The van der Waals surface area contributed by atoms with Crippen LogP contribution in [0.2, 0.25) is 0 Å². The van der Waals surface area contributed by atoms with Crippen LogP contribution in [0.15, 0.2) is 42.5 Å². The molecule has 0 bridgehead atoms. The molecule has 100 valence electrons. The topological polar surface area (TPSA) is 29.5 Å². The Balaban J connectivity index is 2.54. The molecule has 2 aromatic rings. The van der Waals surface area contributed by atoms with Gasteiger partial charge in [0.05, 0.1) is 7.11 Å². The Hall–Kier alpha value is -1.87. The number of benzene rings is 2. The summed E-state index contributed by atoms with van der Waals surface area (Å²) in [5, 5.41) is 10.8. The Morgan fingerprint density at radius 2 is 1.89 bits per heavy atom. The van der Waals surface area contributed by atoms with Crippen LogP contribution in [0.25, 0.3) is 0 Å². The highest BCUT2D eigenvalue weighted by Crippen LogP contribution is 2.33. The first-order valence-electron chi connectivity index (χ1n) is 6.08. The van der Waals surface area contributed by atoms with E-state index in [-0.39, 0.29) is 5.82 Å². The molecule has 1 unspecified atom stereocenters. The molecule has 0 aromatic heterocycles. The zero-order valence-corrected chi connectivity index (χ0v) is 11.3. The summed E-state index contributed by atoms with van der Waals surface area (Å²) in [5.74, 6) is 0.301. The molecule has 2 rings (SSSR count). The lowest BCUT2D eigenvalue weighted by Crippen LogP contribution is -2.24. The second kappa shape index (κ2) is 5.02. The number of ether oxygens (including phenoxy) is 1. The van der Waals surface area contributed by atoms with Gasteiger partial charge in [0, 0.05) is 0 Å². The minimum Gasteiger partial charge on any atom is -0.497 e. The van der Waals surface area contributed by atoms with E-state index in [0.29, 0.717) is 16.9 Å². The molecule has 2 nitrogen and oxygen atoms in total. The van der Waals surface area contributed by atoms with Gasteiger partial charge in [-0.15, -0.1) is 0 Å². The fraction of sp³-hybridized carbons (Fsp3) is 0.250. The zero-order valence-electron chi connectivity index (χ0n) is 11.3. The third kappa shape index (κ3) is 2.61. The van der Waals surface area contributed by atoms with Gasteiger partial charge in [0.25, 0.3) is 0 Å². The first-order valence-corrected chi connectivity index (χ1v) is 6.08. The molecule has 0 aliphatic carbocycles. The largest absolute Gasteiger partial charge is 0.497 e. The predicted octanol–water partition coefficient (Wildman–Crippen LogP) is 3.40. The van der Waals surface area contributed by atoms with Crippen LogP contribution in [0.4, 0.5) is 4.39 Å². The predicted molar refractivity (Wildman–Crippen MR) is 72.8 cm³/mol. The van der Waals surface area contributed by atoms with Gasteiger partial charge in [0.1, 0.15) is 17.2 Å². The van der Waals surface area contributed by atoms with Crippen molar-refractivity contribution in [2.75, 3.05) is 7.11 Å². The minimum atomic E-state index is -1.26. The first-order chi connectivity index (χ1) is 8.95. The maximum absolute atomic E-state index is 13.4. The molecular weight excluding hydrogens is 243 g/mol. The summed E-state index contributed by atoms with van der Waals surface area (Å²) >= 11 is 0. The second-order valence-electron chi connectivity index (χ2n) is 4.76. The summed E-state index contributed by atoms with van der Waals surface area (Å²) in [6, 6.07) is 11.6. The van der Waals surface area contributed by atoms with Gasteiger partial charge in [-0.3, -0.25) is 0 Å². The molecule has 0 heterocycles. The van der Waals surface area contributed by atoms with Crippen molar-refractivity contribution in [3.8, 4) is 5.75 Å². The van der Waals surface area contributed by atoms with Crippen molar-refractivity contribution in [2.45, 2.75) is 19.4 Å². The summed E-state index contributed by atoms with van der Waals surface area (Å²) < 4.78 is 18.6. The third-order valence-corrected chi connectivity index (χ3v) is 3.36. The van der Waals surface area contributed by atoms with Crippen molar-refractivity contribution >= 4 is 0 Å². The number of aliphatic hydroxyl groups is 1. The minimum absolute atomic E-state index is 0.358. The van der Waals surface area contributed by atoms with E-state index in [9.17, 15) is 9.50 Å². The quantitative estimate of drug-likeness (QED) is 0.916. The third-order valence-electron chi connectivity index (χ3n) is 3.36. The van der Waals surface area contributed by atoms with E-state index in [4.69, 9.17) is 4.74 Å². The van der Waals surface area contributed by atoms with Crippen LogP contribution in [0.5, 0.6) is 5.75 Å². The molecule has 0 spiro atoms. The summed E-state index contributed by atoms with van der Waals surface area (Å²) in [4.78, 5) is 0. The van der Waals surface area contributed by atoms with Gasteiger partial charge in [-0.25, -0.2) is 4.39 Å². The Labute approximate surface area is 112 Å². The molecule has 0 saturated carbocycles. The van der Waals surface area contributed by atoms with E-state index in [0.717, 1.165) is 5.56 Å². The summed E-state index contributed by atoms with van der Waals surface area (Å²) in [6.07, 6.45) is 0. The van der Waals surface area contributed by atoms with Crippen LogP contribution in [0.3, 0.4) is 0 Å². The Morgan fingerprint density at radius 3 is 2.58 bits per heavy atom. The molecule has 0 aliphatic rings. The van der Waals surface area contributed by atoms with Gasteiger partial charge < -0.3 is 9.84 Å². The highest BCUT2D eigenvalue weighted by atomic mass is 19.1. The number of halogens is 1. The van der Waals surface area contributed by atoms with Crippen LogP contribution in [0.1, 0.15) is 23.6 Å². The van der Waals surface area contributed by atoms with E-state index in [1.54, 1.807) is 44.4 Å². The van der Waals surface area contributed by atoms with E-state index < -0.39 is 5.60 Å². The van der Waals surface area contributed by atoms with Crippen molar-refractivity contribution in [3.63, 3.8) is 0 Å². The summed E-state index contributed by atoms with van der Waals surface area (Å²) in [5.41, 5.74) is 0.802. The van der Waals surface area contributed by atoms with E-state index in [1.165, 1.54) is 12.1 Å². The molecular formula is C16H17FO2. The summed E-state index contributed by atoms with van der Waals surface area (Å²) in [7, 11) is 1.57. The number of methoxy groups -OCH3 is 1. The highest BCUT2D eigenvalue weighted by Gasteiger charge is 2.28. The number of hydrogen-bond donors (Lipinski definition) is 1. The van der Waals surface area contributed by atoms with Crippen molar-refractivity contribution in [1.82, 2.24) is 0 Å². The normalized spacial score (nSPS) is 13.9. The maximum Gasteiger partial charge on any atom is 0.123 e. The Morgan fingerprint density at radius 1 is 1.16 bits per heavy atom. The van der Waals surface area contributed by atoms with E-state index in [2.05, 4.69) is 0 Å². The van der Waals surface area contributed by atoms with Gasteiger partial charge in [0.15, 0.2) is 0 Å². The van der Waals surface area contributed by atoms with Gasteiger partial charge in [-0.1, -0.05) is 18.2 Å². The molecule has 1 atom stereocenters. The maximum atomic E-state index is 13.4. The molecule has 2 aromatic carbocycles. The zero-order chi connectivity index (χ0) is 14.0. The van der Waals surface area contributed by atoms with Crippen LogP contribution < -0.4 is 4.74 Å². The molecule has 0 amide bonds. The van der Waals surface area contributed by atoms with Crippen molar-refractivity contribution < 1.29 is 14.2 Å². The SMILES string of the molecule is COc1cccc(C(C)(O)c2cc(F)ccc2C)c1. The highest BCUT2D eigenvalue weighted by molar-refractivity contribution is 5.42. The molecule has 0 radical (unpaired) electrons. The Kier molecular flexibility index (Phi) is 3.58. The molecule has 0 aliphatic heterocycles. The lowest BCUT2D eigenvalue weighted by molar-refractivity contribution is 0.101. The number of hydrogen-bond acceptors (Lipinski definition) is 2.